The first-order valence-electron chi connectivity index (χ1n) is 9.12. The number of nitrogens with zero attached hydrogens (tertiary/aromatic N) is 4. The van der Waals surface area contributed by atoms with Gasteiger partial charge in [-0.15, -0.1) is 0 Å². The van der Waals surface area contributed by atoms with E-state index in [0.29, 0.717) is 23.2 Å². The predicted octanol–water partition coefficient (Wildman–Crippen LogP) is 4.25. The van der Waals surface area contributed by atoms with Crippen LogP contribution in [0.5, 0.6) is 5.75 Å². The first-order valence-corrected chi connectivity index (χ1v) is 9.50. The van der Waals surface area contributed by atoms with E-state index in [-0.39, 0.29) is 0 Å². The van der Waals surface area contributed by atoms with Crippen molar-refractivity contribution in [3.63, 3.8) is 0 Å². The molecule has 5 nitrogen and oxygen atoms in total. The molecule has 0 aliphatic carbocycles. The maximum absolute atomic E-state index is 9.01. The highest BCUT2D eigenvalue weighted by Gasteiger charge is 2.19. The van der Waals surface area contributed by atoms with E-state index in [1.165, 1.54) is 12.8 Å². The molecular formula is C21H21ClN4O. The molecule has 1 fully saturated rings. The maximum atomic E-state index is 9.01. The Morgan fingerprint density at radius 3 is 2.89 bits per heavy atom. The zero-order valence-electron chi connectivity index (χ0n) is 15.2. The molecule has 0 spiro atoms. The summed E-state index contributed by atoms with van der Waals surface area (Å²) in [6.07, 6.45) is 5.88. The van der Waals surface area contributed by atoms with Crippen molar-refractivity contribution in [2.24, 2.45) is 5.92 Å². The molecule has 0 bridgehead atoms. The number of pyridine rings is 1. The van der Waals surface area contributed by atoms with Crippen LogP contribution < -0.4 is 4.74 Å². The van der Waals surface area contributed by atoms with E-state index in [1.807, 2.05) is 22.6 Å². The lowest BCUT2D eigenvalue weighted by molar-refractivity contribution is 0.151. The van der Waals surface area contributed by atoms with E-state index in [2.05, 4.69) is 23.0 Å². The van der Waals surface area contributed by atoms with Gasteiger partial charge in [0.15, 0.2) is 0 Å². The summed E-state index contributed by atoms with van der Waals surface area (Å²) >= 11 is 6.63. The van der Waals surface area contributed by atoms with Crippen molar-refractivity contribution in [2.75, 3.05) is 26.7 Å². The maximum Gasteiger partial charge on any atom is 0.145 e. The topological polar surface area (TPSA) is 53.6 Å². The number of nitriles is 1. The number of ether oxygens (including phenoxy) is 1. The summed E-state index contributed by atoms with van der Waals surface area (Å²) in [6, 6.07) is 11.5. The zero-order chi connectivity index (χ0) is 18.8. The molecule has 138 valence electrons. The van der Waals surface area contributed by atoms with Gasteiger partial charge in [0.05, 0.1) is 24.4 Å². The fourth-order valence-electron chi connectivity index (χ4n) is 3.69. The Morgan fingerprint density at radius 1 is 1.33 bits per heavy atom. The lowest BCUT2D eigenvalue weighted by Gasteiger charge is -2.29. The molecule has 3 heterocycles. The number of hydrogen-bond donors (Lipinski definition) is 0. The number of hydrogen-bond acceptors (Lipinski definition) is 4. The van der Waals surface area contributed by atoms with Crippen LogP contribution in [0.15, 0.2) is 42.9 Å². The van der Waals surface area contributed by atoms with Crippen LogP contribution in [0.1, 0.15) is 18.4 Å². The highest BCUT2D eigenvalue weighted by molar-refractivity contribution is 6.32. The second kappa shape index (κ2) is 7.59. The molecule has 2 aromatic heterocycles. The Hall–Kier alpha value is -2.55. The second-order valence-corrected chi connectivity index (χ2v) is 7.49. The molecule has 1 aliphatic rings. The van der Waals surface area contributed by atoms with Gasteiger partial charge in [0.2, 0.25) is 0 Å². The number of piperidine rings is 1. The minimum atomic E-state index is 0.528. The average molecular weight is 381 g/mol. The number of benzene rings is 1. The molecular weight excluding hydrogens is 360 g/mol. The molecule has 1 atom stereocenters. The summed E-state index contributed by atoms with van der Waals surface area (Å²) in [5, 5.41) is 9.59. The highest BCUT2D eigenvalue weighted by atomic mass is 35.5. The molecule has 1 aromatic carbocycles. The Kier molecular flexibility index (Phi) is 5.02. The molecule has 3 aromatic rings. The fraction of sp³-hybridized carbons (Fsp3) is 0.333. The summed E-state index contributed by atoms with van der Waals surface area (Å²) in [4.78, 5) is 6.60. The second-order valence-electron chi connectivity index (χ2n) is 7.13. The number of halogens is 1. The van der Waals surface area contributed by atoms with E-state index >= 15 is 0 Å². The standard InChI is InChI=1S/C21H21ClN4O/c1-25-8-2-3-16(12-25)13-27-20-9-18(17-6-4-15(10-23)5-7-17)21(22)26-14-24-11-19(20)26/h4-7,9,11,14,16H,2-3,8,12-13H2,1H3/t16-/m1/s1. The van der Waals surface area contributed by atoms with Crippen molar-refractivity contribution in [1.82, 2.24) is 14.3 Å². The van der Waals surface area contributed by atoms with Gasteiger partial charge in [-0.25, -0.2) is 4.98 Å². The van der Waals surface area contributed by atoms with Gasteiger partial charge in [-0.3, -0.25) is 4.40 Å². The molecule has 6 heteroatoms. The number of fused-ring (bicyclic) bond motifs is 1. The third-order valence-corrected chi connectivity index (χ3v) is 5.51. The van der Waals surface area contributed by atoms with Gasteiger partial charge in [-0.05, 0) is 50.2 Å². The number of aromatic nitrogens is 2. The van der Waals surface area contributed by atoms with Crippen LogP contribution in [-0.4, -0.2) is 41.0 Å². The lowest BCUT2D eigenvalue weighted by Crippen LogP contribution is -2.34. The smallest absolute Gasteiger partial charge is 0.145 e. The third-order valence-electron chi connectivity index (χ3n) is 5.12. The summed E-state index contributed by atoms with van der Waals surface area (Å²) in [5.74, 6) is 1.31. The van der Waals surface area contributed by atoms with Gasteiger partial charge in [0.1, 0.15) is 22.7 Å². The Balaban J connectivity index is 1.66. The van der Waals surface area contributed by atoms with Gasteiger partial charge in [-0.2, -0.15) is 5.26 Å². The molecule has 0 unspecified atom stereocenters. The van der Waals surface area contributed by atoms with E-state index in [4.69, 9.17) is 21.6 Å². The quantitative estimate of drug-likeness (QED) is 0.635. The summed E-state index contributed by atoms with van der Waals surface area (Å²) in [6.45, 7) is 2.90. The van der Waals surface area contributed by atoms with Crippen molar-refractivity contribution in [2.45, 2.75) is 12.8 Å². The van der Waals surface area contributed by atoms with Gasteiger partial charge >= 0.3 is 0 Å². The molecule has 4 rings (SSSR count). The first-order chi connectivity index (χ1) is 13.2. The van der Waals surface area contributed by atoms with Crippen molar-refractivity contribution in [3.8, 4) is 22.9 Å². The Bertz CT molecular complexity index is 990. The zero-order valence-corrected chi connectivity index (χ0v) is 16.0. The van der Waals surface area contributed by atoms with E-state index in [0.717, 1.165) is 35.5 Å². The first kappa shape index (κ1) is 17.8. The van der Waals surface area contributed by atoms with Crippen LogP contribution in [-0.2, 0) is 0 Å². The molecule has 1 aliphatic heterocycles. The van der Waals surface area contributed by atoms with E-state index in [9.17, 15) is 0 Å². The van der Waals surface area contributed by atoms with Crippen molar-refractivity contribution >= 4 is 17.1 Å². The minimum Gasteiger partial charge on any atom is -0.491 e. The minimum absolute atomic E-state index is 0.528. The number of likely N-dealkylation sites (tertiary alicyclic amines) is 1. The van der Waals surface area contributed by atoms with Crippen LogP contribution in [0.4, 0.5) is 0 Å². The summed E-state index contributed by atoms with van der Waals surface area (Å²) < 4.78 is 8.07. The summed E-state index contributed by atoms with van der Waals surface area (Å²) in [5.41, 5.74) is 3.29. The third kappa shape index (κ3) is 3.64. The molecule has 27 heavy (non-hydrogen) atoms. The highest BCUT2D eigenvalue weighted by Crippen LogP contribution is 2.35. The fourth-order valence-corrected chi connectivity index (χ4v) is 3.99. The lowest BCUT2D eigenvalue weighted by atomic mass is 9.99. The molecule has 0 radical (unpaired) electrons. The van der Waals surface area contributed by atoms with Crippen molar-refractivity contribution in [1.29, 1.82) is 5.26 Å². The Labute approximate surface area is 163 Å². The van der Waals surface area contributed by atoms with E-state index in [1.54, 1.807) is 24.7 Å². The Morgan fingerprint density at radius 2 is 2.15 bits per heavy atom. The van der Waals surface area contributed by atoms with Crippen molar-refractivity contribution in [3.05, 3.63) is 53.6 Å². The van der Waals surface area contributed by atoms with Crippen LogP contribution in [0.2, 0.25) is 5.15 Å². The molecule has 0 saturated carbocycles. The predicted molar refractivity (Wildman–Crippen MR) is 106 cm³/mol. The normalized spacial score (nSPS) is 17.7. The van der Waals surface area contributed by atoms with Gasteiger partial charge in [-0.1, -0.05) is 23.7 Å². The van der Waals surface area contributed by atoms with Crippen LogP contribution >= 0.6 is 11.6 Å². The molecule has 0 amide bonds. The molecule has 1 saturated heterocycles. The molecule has 0 N–H and O–H groups in total. The monoisotopic (exact) mass is 380 g/mol. The average Bonchev–Trinajstić information content (AvgIpc) is 3.18. The summed E-state index contributed by atoms with van der Waals surface area (Å²) in [7, 11) is 2.16. The number of imidazole rings is 1. The van der Waals surface area contributed by atoms with Crippen LogP contribution in [0.25, 0.3) is 16.6 Å². The van der Waals surface area contributed by atoms with E-state index < -0.39 is 0 Å². The number of rotatable bonds is 4. The van der Waals surface area contributed by atoms with Gasteiger partial charge in [0.25, 0.3) is 0 Å². The van der Waals surface area contributed by atoms with Crippen molar-refractivity contribution < 1.29 is 4.74 Å². The van der Waals surface area contributed by atoms with Gasteiger partial charge < -0.3 is 9.64 Å². The van der Waals surface area contributed by atoms with Crippen LogP contribution in [0, 0.1) is 17.2 Å². The SMILES string of the molecule is CN1CCC[C@@H](COc2cc(-c3ccc(C#N)cc3)c(Cl)n3cncc23)C1. The van der Waals surface area contributed by atoms with Crippen LogP contribution in [0.3, 0.4) is 0 Å². The largest absolute Gasteiger partial charge is 0.491 e. The van der Waals surface area contributed by atoms with Gasteiger partial charge in [0, 0.05) is 18.0 Å².